The first-order valence-electron chi connectivity index (χ1n) is 4.11. The van der Waals surface area contributed by atoms with Gasteiger partial charge in [0.1, 0.15) is 0 Å². The topological polar surface area (TPSA) is 39.6 Å². The van der Waals surface area contributed by atoms with Crippen LogP contribution in [0, 0.1) is 0 Å². The van der Waals surface area contributed by atoms with Crippen LogP contribution in [-0.2, 0) is 6.42 Å². The summed E-state index contributed by atoms with van der Waals surface area (Å²) in [5, 5.41) is 1.25. The molecule has 0 atom stereocenters. The third-order valence-electron chi connectivity index (χ3n) is 2.07. The highest BCUT2D eigenvalue weighted by molar-refractivity contribution is 5.82. The lowest BCUT2D eigenvalue weighted by Gasteiger charge is -1.93. The van der Waals surface area contributed by atoms with E-state index in [1.165, 1.54) is 16.5 Å². The number of nitrogens with one attached hydrogen (secondary N) is 2. The molecule has 61 valence electrons. The number of hydrogen-bond acceptors (Lipinski definition) is 0. The van der Waals surface area contributed by atoms with Gasteiger partial charge >= 0.3 is 0 Å². The third kappa shape index (κ3) is 1.10. The minimum absolute atomic E-state index is 0.460. The monoisotopic (exact) mass is 159 g/mol. The number of fused-ring (bicyclic) bond motifs is 1. The van der Waals surface area contributed by atoms with E-state index >= 15 is 0 Å². The summed E-state index contributed by atoms with van der Waals surface area (Å²) in [6, 6.07) is 8.20. The minimum atomic E-state index is 0.460. The van der Waals surface area contributed by atoms with Crippen molar-refractivity contribution in [3.05, 3.63) is 36.0 Å². The molecule has 0 aliphatic carbocycles. The van der Waals surface area contributed by atoms with Gasteiger partial charge in [0.15, 0.2) is 0 Å². The molecular formula is C10H11N2. The van der Waals surface area contributed by atoms with Gasteiger partial charge in [-0.2, -0.15) is 0 Å². The summed E-state index contributed by atoms with van der Waals surface area (Å²) in [6.07, 6.45) is 2.84. The Bertz CT molecular complexity index is 376. The summed E-state index contributed by atoms with van der Waals surface area (Å²) in [6.45, 7) is 0.460. The zero-order valence-corrected chi connectivity index (χ0v) is 6.80. The lowest BCUT2D eigenvalue weighted by molar-refractivity contribution is 0.948. The van der Waals surface area contributed by atoms with Gasteiger partial charge in [0.25, 0.3) is 0 Å². The van der Waals surface area contributed by atoms with E-state index in [-0.39, 0.29) is 0 Å². The van der Waals surface area contributed by atoms with Crippen LogP contribution in [0.25, 0.3) is 10.9 Å². The van der Waals surface area contributed by atoms with Crippen LogP contribution in [0.3, 0.4) is 0 Å². The van der Waals surface area contributed by atoms with E-state index < -0.39 is 0 Å². The summed E-state index contributed by atoms with van der Waals surface area (Å²) < 4.78 is 0. The molecule has 0 amide bonds. The van der Waals surface area contributed by atoms with E-state index in [1.807, 2.05) is 18.3 Å². The van der Waals surface area contributed by atoms with Gasteiger partial charge in [-0.1, -0.05) is 18.2 Å². The van der Waals surface area contributed by atoms with Gasteiger partial charge in [0, 0.05) is 23.6 Å². The Morgan fingerprint density at radius 3 is 2.92 bits per heavy atom. The fourth-order valence-corrected chi connectivity index (χ4v) is 1.47. The first-order valence-corrected chi connectivity index (χ1v) is 4.11. The molecule has 0 unspecified atom stereocenters. The number of rotatable bonds is 2. The van der Waals surface area contributed by atoms with Gasteiger partial charge in [-0.15, -0.1) is 0 Å². The van der Waals surface area contributed by atoms with Crippen LogP contribution >= 0.6 is 0 Å². The van der Waals surface area contributed by atoms with Crippen LogP contribution in [-0.4, -0.2) is 11.5 Å². The van der Waals surface area contributed by atoms with Crippen LogP contribution in [0.2, 0.25) is 0 Å². The predicted molar refractivity (Wildman–Crippen MR) is 50.0 cm³/mol. The predicted octanol–water partition coefficient (Wildman–Crippen LogP) is 1.99. The number of para-hydroxylation sites is 1. The molecule has 0 aliphatic heterocycles. The molecule has 2 N–H and O–H groups in total. The van der Waals surface area contributed by atoms with Crippen LogP contribution in [0.5, 0.6) is 0 Å². The molecule has 1 heterocycles. The van der Waals surface area contributed by atoms with Crippen molar-refractivity contribution in [3.63, 3.8) is 0 Å². The van der Waals surface area contributed by atoms with Crippen molar-refractivity contribution in [3.8, 4) is 0 Å². The first kappa shape index (κ1) is 7.37. The van der Waals surface area contributed by atoms with Gasteiger partial charge in [-0.25, -0.2) is 0 Å². The second kappa shape index (κ2) is 2.99. The summed E-state index contributed by atoms with van der Waals surface area (Å²) in [5.41, 5.74) is 9.56. The fourth-order valence-electron chi connectivity index (χ4n) is 1.47. The van der Waals surface area contributed by atoms with Gasteiger partial charge in [-0.3, -0.25) is 5.73 Å². The lowest BCUT2D eigenvalue weighted by Crippen LogP contribution is -1.89. The van der Waals surface area contributed by atoms with Crippen molar-refractivity contribution in [1.29, 1.82) is 0 Å². The van der Waals surface area contributed by atoms with Crippen LogP contribution < -0.4 is 5.73 Å². The van der Waals surface area contributed by atoms with Gasteiger partial charge < -0.3 is 4.98 Å². The van der Waals surface area contributed by atoms with E-state index in [0.29, 0.717) is 6.54 Å². The molecule has 0 saturated carbocycles. The second-order valence-electron chi connectivity index (χ2n) is 2.86. The molecule has 0 saturated heterocycles. The summed E-state index contributed by atoms with van der Waals surface area (Å²) in [7, 11) is 0. The number of hydrogen-bond donors (Lipinski definition) is 1. The average Bonchev–Trinajstić information content (AvgIpc) is 2.50. The Hall–Kier alpha value is -1.28. The van der Waals surface area contributed by atoms with Crippen molar-refractivity contribution in [2.24, 2.45) is 0 Å². The Labute approximate surface area is 71.4 Å². The van der Waals surface area contributed by atoms with Crippen molar-refractivity contribution in [1.82, 2.24) is 10.7 Å². The van der Waals surface area contributed by atoms with Crippen LogP contribution in [0.4, 0.5) is 0 Å². The Balaban J connectivity index is 2.55. The third-order valence-corrected chi connectivity index (χ3v) is 2.07. The molecule has 0 spiro atoms. The minimum Gasteiger partial charge on any atom is -0.361 e. The van der Waals surface area contributed by atoms with Crippen LogP contribution in [0.15, 0.2) is 30.5 Å². The van der Waals surface area contributed by atoms with Crippen molar-refractivity contribution in [2.75, 3.05) is 6.54 Å². The molecule has 2 rings (SSSR count). The molecule has 1 aromatic carbocycles. The Morgan fingerprint density at radius 1 is 1.25 bits per heavy atom. The normalized spacial score (nSPS) is 10.8. The quantitative estimate of drug-likeness (QED) is 0.696. The van der Waals surface area contributed by atoms with E-state index in [1.54, 1.807) is 0 Å². The highest BCUT2D eigenvalue weighted by Crippen LogP contribution is 2.17. The molecule has 0 bridgehead atoms. The smallest absolute Gasteiger partial charge is 0.0456 e. The number of aromatic amines is 1. The molecule has 0 fully saturated rings. The standard InChI is InChI=1S/C10H11N2/c11-6-5-8-7-12-10-4-2-1-3-9(8)10/h1-4,7,11-12H,5-6H2. The zero-order chi connectivity index (χ0) is 8.39. The van der Waals surface area contributed by atoms with Gasteiger partial charge in [0.05, 0.1) is 0 Å². The second-order valence-corrected chi connectivity index (χ2v) is 2.86. The highest BCUT2D eigenvalue weighted by Gasteiger charge is 2.00. The molecule has 2 heteroatoms. The van der Waals surface area contributed by atoms with E-state index in [4.69, 9.17) is 5.73 Å². The van der Waals surface area contributed by atoms with Crippen molar-refractivity contribution >= 4 is 10.9 Å². The first-order chi connectivity index (χ1) is 5.92. The van der Waals surface area contributed by atoms with Gasteiger partial charge in [-0.05, 0) is 18.1 Å². The van der Waals surface area contributed by atoms with Crippen molar-refractivity contribution in [2.45, 2.75) is 6.42 Å². The van der Waals surface area contributed by atoms with Crippen LogP contribution in [0.1, 0.15) is 5.56 Å². The molecular weight excluding hydrogens is 148 g/mol. The van der Waals surface area contributed by atoms with E-state index in [9.17, 15) is 0 Å². The highest BCUT2D eigenvalue weighted by atomic mass is 14.7. The average molecular weight is 159 g/mol. The number of benzene rings is 1. The Kier molecular flexibility index (Phi) is 1.84. The zero-order valence-electron chi connectivity index (χ0n) is 6.80. The lowest BCUT2D eigenvalue weighted by atomic mass is 10.1. The van der Waals surface area contributed by atoms with Gasteiger partial charge in [0.2, 0.25) is 0 Å². The molecule has 2 nitrogen and oxygen atoms in total. The summed E-state index contributed by atoms with van der Waals surface area (Å²) in [5.74, 6) is 0. The summed E-state index contributed by atoms with van der Waals surface area (Å²) >= 11 is 0. The van der Waals surface area contributed by atoms with Crippen molar-refractivity contribution < 1.29 is 0 Å². The molecule has 2 aromatic rings. The maximum absolute atomic E-state index is 7.14. The fraction of sp³-hybridized carbons (Fsp3) is 0.200. The molecule has 1 radical (unpaired) electrons. The number of aromatic nitrogens is 1. The SMILES string of the molecule is [NH]CCc1c[nH]c2ccccc12. The van der Waals surface area contributed by atoms with E-state index in [0.717, 1.165) is 6.42 Å². The molecule has 12 heavy (non-hydrogen) atoms. The van der Waals surface area contributed by atoms with E-state index in [2.05, 4.69) is 17.1 Å². The molecule has 0 aliphatic rings. The largest absolute Gasteiger partial charge is 0.361 e. The summed E-state index contributed by atoms with van der Waals surface area (Å²) in [4.78, 5) is 3.19. The number of H-pyrrole nitrogens is 1. The molecule has 1 aromatic heterocycles. The maximum atomic E-state index is 7.14. The Morgan fingerprint density at radius 2 is 2.08 bits per heavy atom. The maximum Gasteiger partial charge on any atom is 0.0456 e.